The summed E-state index contributed by atoms with van der Waals surface area (Å²) in [5.74, 6) is 0. The summed E-state index contributed by atoms with van der Waals surface area (Å²) in [5, 5.41) is 3.32. The monoisotopic (exact) mass is 410 g/mol. The van der Waals surface area contributed by atoms with Crippen LogP contribution in [-0.4, -0.2) is 6.16 Å². The molecular formula is C28H43P. The number of unbranched alkanes of at least 4 members (excludes halogenated alkanes) is 7. The van der Waals surface area contributed by atoms with Crippen molar-refractivity contribution in [2.45, 2.75) is 97.8 Å². The molecule has 0 radical (unpaired) electrons. The van der Waals surface area contributed by atoms with Crippen molar-refractivity contribution >= 4 is 18.5 Å². The maximum Gasteiger partial charge on any atom is -0.0163 e. The first-order valence-corrected chi connectivity index (χ1v) is 13.8. The molecule has 0 saturated carbocycles. The van der Waals surface area contributed by atoms with Gasteiger partial charge in [-0.05, 0) is 67.9 Å². The van der Waals surface area contributed by atoms with Crippen molar-refractivity contribution in [2.24, 2.45) is 0 Å². The Balaban J connectivity index is 2.25. The van der Waals surface area contributed by atoms with Gasteiger partial charge in [-0.1, -0.05) is 114 Å². The molecule has 0 fully saturated rings. The van der Waals surface area contributed by atoms with Gasteiger partial charge in [0.2, 0.25) is 0 Å². The lowest BCUT2D eigenvalue weighted by molar-refractivity contribution is 0.626. The molecule has 1 heteroatoms. The largest absolute Gasteiger partial charge is 0.0654 e. The van der Waals surface area contributed by atoms with Gasteiger partial charge >= 0.3 is 0 Å². The topological polar surface area (TPSA) is 0 Å². The minimum atomic E-state index is -0.250. The Morgan fingerprint density at radius 3 is 1.48 bits per heavy atom. The van der Waals surface area contributed by atoms with E-state index in [1.165, 1.54) is 83.2 Å². The van der Waals surface area contributed by atoms with Gasteiger partial charge in [0.05, 0.1) is 0 Å². The van der Waals surface area contributed by atoms with Crippen molar-refractivity contribution in [3.63, 3.8) is 0 Å². The van der Waals surface area contributed by atoms with Crippen molar-refractivity contribution in [1.82, 2.24) is 0 Å². The molecule has 0 amide bonds. The van der Waals surface area contributed by atoms with Gasteiger partial charge < -0.3 is 0 Å². The third-order valence-electron chi connectivity index (χ3n) is 5.90. The summed E-state index contributed by atoms with van der Waals surface area (Å²) in [5.41, 5.74) is 3.22. The molecule has 2 aromatic carbocycles. The van der Waals surface area contributed by atoms with Gasteiger partial charge in [-0.25, -0.2) is 0 Å². The fourth-order valence-corrected chi connectivity index (χ4v) is 7.01. The highest BCUT2D eigenvalue weighted by Crippen LogP contribution is 2.38. The number of rotatable bonds is 15. The van der Waals surface area contributed by atoms with E-state index in [9.17, 15) is 0 Å². The lowest BCUT2D eigenvalue weighted by Crippen LogP contribution is -2.21. The summed E-state index contributed by atoms with van der Waals surface area (Å²) >= 11 is 0. The molecule has 2 aromatic rings. The third kappa shape index (κ3) is 8.25. The van der Waals surface area contributed by atoms with E-state index in [4.69, 9.17) is 0 Å². The normalized spacial score (nSPS) is 11.3. The van der Waals surface area contributed by atoms with Crippen LogP contribution in [0.4, 0.5) is 0 Å². The van der Waals surface area contributed by atoms with Gasteiger partial charge in [0.15, 0.2) is 0 Å². The van der Waals surface area contributed by atoms with E-state index in [0.29, 0.717) is 0 Å². The lowest BCUT2D eigenvalue weighted by Gasteiger charge is -2.24. The standard InChI is InChI=1S/C28H43P/c1-4-7-10-11-12-17-24-29(27-22-15-13-20-25(27)18-8-5-2)28-23-16-14-21-26(28)19-9-6-3/h13-16,20-23H,4-12,17-19,24H2,1-3H3. The molecule has 0 heterocycles. The summed E-state index contributed by atoms with van der Waals surface area (Å²) in [4.78, 5) is 0. The molecule has 0 aromatic heterocycles. The minimum Gasteiger partial charge on any atom is -0.0654 e. The van der Waals surface area contributed by atoms with E-state index in [2.05, 4.69) is 69.3 Å². The molecule has 0 aliphatic carbocycles. The molecule has 0 saturated heterocycles. The second kappa shape index (κ2) is 14.8. The predicted molar refractivity (Wildman–Crippen MR) is 135 cm³/mol. The molecule has 0 unspecified atom stereocenters. The summed E-state index contributed by atoms with van der Waals surface area (Å²) in [6, 6.07) is 18.7. The second-order valence-electron chi connectivity index (χ2n) is 8.38. The molecular weight excluding hydrogens is 367 g/mol. The quantitative estimate of drug-likeness (QED) is 0.205. The summed E-state index contributed by atoms with van der Waals surface area (Å²) in [6.07, 6.45) is 17.3. The molecule has 0 aliphatic heterocycles. The van der Waals surface area contributed by atoms with Gasteiger partial charge in [0.25, 0.3) is 0 Å². The fraction of sp³-hybridized carbons (Fsp3) is 0.571. The first-order valence-electron chi connectivity index (χ1n) is 12.2. The van der Waals surface area contributed by atoms with Crippen LogP contribution in [0.25, 0.3) is 0 Å². The molecule has 0 N–H and O–H groups in total. The van der Waals surface area contributed by atoms with Gasteiger partial charge in [-0.2, -0.15) is 0 Å². The number of hydrogen-bond acceptors (Lipinski definition) is 0. The van der Waals surface area contributed by atoms with E-state index >= 15 is 0 Å². The Kier molecular flexibility index (Phi) is 12.3. The summed E-state index contributed by atoms with van der Waals surface area (Å²) in [7, 11) is -0.250. The minimum absolute atomic E-state index is 0.250. The van der Waals surface area contributed by atoms with Gasteiger partial charge in [-0.3, -0.25) is 0 Å². The molecule has 2 rings (SSSR count). The maximum atomic E-state index is 2.45. The Labute approximate surface area is 182 Å². The highest BCUT2D eigenvalue weighted by molar-refractivity contribution is 7.73. The van der Waals surface area contributed by atoms with Gasteiger partial charge in [0, 0.05) is 0 Å². The molecule has 0 atom stereocenters. The van der Waals surface area contributed by atoms with Crippen molar-refractivity contribution in [2.75, 3.05) is 6.16 Å². The number of aryl methyl sites for hydroxylation is 2. The van der Waals surface area contributed by atoms with E-state index in [-0.39, 0.29) is 7.92 Å². The van der Waals surface area contributed by atoms with Crippen molar-refractivity contribution in [3.05, 3.63) is 59.7 Å². The summed E-state index contributed by atoms with van der Waals surface area (Å²) in [6.45, 7) is 6.92. The van der Waals surface area contributed by atoms with Crippen LogP contribution in [0.2, 0.25) is 0 Å². The Morgan fingerprint density at radius 1 is 0.517 bits per heavy atom. The second-order valence-corrected chi connectivity index (χ2v) is 10.7. The predicted octanol–water partition coefficient (Wildman–Crippen LogP) is 8.17. The molecule has 29 heavy (non-hydrogen) atoms. The molecule has 160 valence electrons. The highest BCUT2D eigenvalue weighted by atomic mass is 31.1. The van der Waals surface area contributed by atoms with Crippen molar-refractivity contribution in [1.29, 1.82) is 0 Å². The SMILES string of the molecule is CCCCCCCCP(c1ccccc1CCCC)c1ccccc1CCCC. The van der Waals surface area contributed by atoms with Crippen molar-refractivity contribution in [3.8, 4) is 0 Å². The highest BCUT2D eigenvalue weighted by Gasteiger charge is 2.19. The Morgan fingerprint density at radius 2 is 0.966 bits per heavy atom. The van der Waals surface area contributed by atoms with Crippen LogP contribution in [0, 0.1) is 0 Å². The van der Waals surface area contributed by atoms with Crippen LogP contribution < -0.4 is 10.6 Å². The molecule has 0 nitrogen and oxygen atoms in total. The zero-order valence-electron chi connectivity index (χ0n) is 19.3. The molecule has 0 spiro atoms. The van der Waals surface area contributed by atoms with E-state index < -0.39 is 0 Å². The summed E-state index contributed by atoms with van der Waals surface area (Å²) < 4.78 is 0. The van der Waals surface area contributed by atoms with Crippen LogP contribution in [0.5, 0.6) is 0 Å². The smallest absolute Gasteiger partial charge is 0.0163 e. The van der Waals surface area contributed by atoms with E-state index in [0.717, 1.165) is 0 Å². The van der Waals surface area contributed by atoms with Crippen molar-refractivity contribution < 1.29 is 0 Å². The number of benzene rings is 2. The zero-order chi connectivity index (χ0) is 20.7. The molecule has 0 aliphatic rings. The average Bonchev–Trinajstić information content (AvgIpc) is 2.76. The van der Waals surface area contributed by atoms with E-state index in [1.54, 1.807) is 21.7 Å². The van der Waals surface area contributed by atoms with Crippen LogP contribution in [-0.2, 0) is 12.8 Å². The van der Waals surface area contributed by atoms with Crippen LogP contribution in [0.3, 0.4) is 0 Å². The maximum absolute atomic E-state index is 2.45. The van der Waals surface area contributed by atoms with Crippen LogP contribution >= 0.6 is 7.92 Å². The average molecular weight is 411 g/mol. The molecule has 0 bridgehead atoms. The van der Waals surface area contributed by atoms with Crippen LogP contribution in [0.1, 0.15) is 96.1 Å². The zero-order valence-corrected chi connectivity index (χ0v) is 20.2. The third-order valence-corrected chi connectivity index (χ3v) is 8.70. The first-order chi connectivity index (χ1) is 14.3. The lowest BCUT2D eigenvalue weighted by atomic mass is 10.1. The van der Waals surface area contributed by atoms with Crippen LogP contribution in [0.15, 0.2) is 48.5 Å². The Bertz CT molecular complexity index is 624. The Hall–Kier alpha value is -1.13. The fourth-order valence-electron chi connectivity index (χ4n) is 4.13. The first kappa shape index (κ1) is 24.1. The van der Waals surface area contributed by atoms with Gasteiger partial charge in [0.1, 0.15) is 0 Å². The van der Waals surface area contributed by atoms with Gasteiger partial charge in [-0.15, -0.1) is 0 Å². The van der Waals surface area contributed by atoms with E-state index in [1.807, 2.05) is 0 Å². The number of hydrogen-bond donors (Lipinski definition) is 0.